The van der Waals surface area contributed by atoms with Gasteiger partial charge in [-0.1, -0.05) is 17.3 Å². The molecule has 4 rings (SSSR count). The molecule has 0 spiro atoms. The standard InChI is InChI=1S/C19H16N6O4/c1-8-12-13(14(20)15(22-8)17-23-9(2)24-29-17)19(28)25(18(12)27)7-10-3-5-11(6-4-10)16(21)26/h3-6H,7,20H2,1-2H3,(H2,21,26). The average molecular weight is 392 g/mol. The minimum Gasteiger partial charge on any atom is -0.396 e. The van der Waals surface area contributed by atoms with Gasteiger partial charge in [0.25, 0.3) is 17.7 Å². The van der Waals surface area contributed by atoms with Crippen LogP contribution >= 0.6 is 0 Å². The molecule has 0 fully saturated rings. The number of hydrogen-bond acceptors (Lipinski definition) is 8. The highest BCUT2D eigenvalue weighted by molar-refractivity contribution is 6.24. The van der Waals surface area contributed by atoms with E-state index in [2.05, 4.69) is 15.1 Å². The lowest BCUT2D eigenvalue weighted by molar-refractivity contribution is 0.0642. The molecular weight excluding hydrogens is 376 g/mol. The predicted molar refractivity (Wildman–Crippen MR) is 101 cm³/mol. The van der Waals surface area contributed by atoms with Gasteiger partial charge in [-0.15, -0.1) is 0 Å². The number of aryl methyl sites for hydroxylation is 2. The third kappa shape index (κ3) is 2.90. The van der Waals surface area contributed by atoms with Crippen molar-refractivity contribution < 1.29 is 18.9 Å². The Morgan fingerprint density at radius 3 is 2.31 bits per heavy atom. The Hall–Kier alpha value is -4.08. The van der Waals surface area contributed by atoms with Gasteiger partial charge in [0.2, 0.25) is 5.91 Å². The molecule has 0 unspecified atom stereocenters. The maximum atomic E-state index is 13.0. The molecule has 10 nitrogen and oxygen atoms in total. The van der Waals surface area contributed by atoms with Gasteiger partial charge in [-0.25, -0.2) is 4.98 Å². The largest absolute Gasteiger partial charge is 0.396 e. The van der Waals surface area contributed by atoms with Gasteiger partial charge in [-0.2, -0.15) is 4.98 Å². The number of nitrogen functional groups attached to an aromatic ring is 1. The number of hydrogen-bond donors (Lipinski definition) is 2. The molecule has 4 N–H and O–H groups in total. The minimum atomic E-state index is -0.560. The van der Waals surface area contributed by atoms with Gasteiger partial charge in [0.1, 0.15) is 0 Å². The second-order valence-electron chi connectivity index (χ2n) is 6.61. The Labute approximate surface area is 164 Å². The van der Waals surface area contributed by atoms with Crippen LogP contribution < -0.4 is 11.5 Å². The van der Waals surface area contributed by atoms with Gasteiger partial charge in [-0.05, 0) is 31.5 Å². The Balaban J connectivity index is 1.72. The molecule has 146 valence electrons. The first-order valence-electron chi connectivity index (χ1n) is 8.63. The van der Waals surface area contributed by atoms with Gasteiger partial charge in [0.15, 0.2) is 11.5 Å². The molecule has 0 bridgehead atoms. The number of amides is 3. The zero-order valence-corrected chi connectivity index (χ0v) is 15.6. The number of carbonyl (C=O) groups is 3. The summed E-state index contributed by atoms with van der Waals surface area (Å²) in [6, 6.07) is 6.33. The summed E-state index contributed by atoms with van der Waals surface area (Å²) < 4.78 is 5.11. The van der Waals surface area contributed by atoms with E-state index in [0.717, 1.165) is 4.90 Å². The van der Waals surface area contributed by atoms with Crippen molar-refractivity contribution in [2.24, 2.45) is 5.73 Å². The molecule has 0 atom stereocenters. The van der Waals surface area contributed by atoms with E-state index < -0.39 is 17.7 Å². The summed E-state index contributed by atoms with van der Waals surface area (Å²) >= 11 is 0. The molecule has 1 aliphatic heterocycles. The third-order valence-corrected chi connectivity index (χ3v) is 4.64. The average Bonchev–Trinajstić information content (AvgIpc) is 3.22. The van der Waals surface area contributed by atoms with Crippen molar-refractivity contribution >= 4 is 23.4 Å². The summed E-state index contributed by atoms with van der Waals surface area (Å²) in [6.45, 7) is 3.27. The molecule has 3 aromatic rings. The highest BCUT2D eigenvalue weighted by Crippen LogP contribution is 2.35. The lowest BCUT2D eigenvalue weighted by Gasteiger charge is -2.14. The summed E-state index contributed by atoms with van der Waals surface area (Å²) in [5.74, 6) is -1.12. The number of fused-ring (bicyclic) bond motifs is 1. The van der Waals surface area contributed by atoms with E-state index in [1.54, 1.807) is 26.0 Å². The molecule has 0 radical (unpaired) electrons. The van der Waals surface area contributed by atoms with Crippen molar-refractivity contribution in [2.45, 2.75) is 20.4 Å². The van der Waals surface area contributed by atoms with Crippen LogP contribution in [0.25, 0.3) is 11.6 Å². The summed E-state index contributed by atoms with van der Waals surface area (Å²) in [6.07, 6.45) is 0. The quantitative estimate of drug-likeness (QED) is 0.627. The van der Waals surface area contributed by atoms with E-state index in [1.807, 2.05) is 0 Å². The van der Waals surface area contributed by atoms with Crippen molar-refractivity contribution in [3.63, 3.8) is 0 Å². The number of carbonyl (C=O) groups excluding carboxylic acids is 3. The highest BCUT2D eigenvalue weighted by atomic mass is 16.5. The first kappa shape index (κ1) is 18.3. The van der Waals surface area contributed by atoms with Crippen LogP contribution in [-0.2, 0) is 6.54 Å². The molecule has 3 heterocycles. The lowest BCUT2D eigenvalue weighted by atomic mass is 10.0. The van der Waals surface area contributed by atoms with Crippen molar-refractivity contribution in [1.82, 2.24) is 20.0 Å². The second-order valence-corrected chi connectivity index (χ2v) is 6.61. The monoisotopic (exact) mass is 392 g/mol. The van der Waals surface area contributed by atoms with Crippen LogP contribution in [0.1, 0.15) is 48.2 Å². The number of anilines is 1. The summed E-state index contributed by atoms with van der Waals surface area (Å²) in [5.41, 5.74) is 13.1. The zero-order chi connectivity index (χ0) is 20.9. The van der Waals surface area contributed by atoms with Gasteiger partial charge in [-0.3, -0.25) is 19.3 Å². The van der Waals surface area contributed by atoms with Crippen molar-refractivity contribution in [3.05, 3.63) is 58.0 Å². The van der Waals surface area contributed by atoms with Crippen LogP contribution in [-0.4, -0.2) is 37.7 Å². The van der Waals surface area contributed by atoms with E-state index in [-0.39, 0.29) is 34.9 Å². The molecule has 0 aliphatic carbocycles. The lowest BCUT2D eigenvalue weighted by Crippen LogP contribution is -2.29. The Morgan fingerprint density at radius 1 is 1.07 bits per heavy atom. The van der Waals surface area contributed by atoms with Crippen molar-refractivity contribution in [3.8, 4) is 11.6 Å². The molecule has 29 heavy (non-hydrogen) atoms. The topological polar surface area (TPSA) is 158 Å². The maximum absolute atomic E-state index is 13.0. The second kappa shape index (κ2) is 6.51. The normalized spacial score (nSPS) is 13.1. The maximum Gasteiger partial charge on any atom is 0.278 e. The third-order valence-electron chi connectivity index (χ3n) is 4.64. The number of rotatable bonds is 4. The first-order valence-corrected chi connectivity index (χ1v) is 8.63. The summed E-state index contributed by atoms with van der Waals surface area (Å²) in [7, 11) is 0. The molecule has 2 aromatic heterocycles. The van der Waals surface area contributed by atoms with E-state index in [1.165, 1.54) is 12.1 Å². The van der Waals surface area contributed by atoms with Crippen LogP contribution in [0.15, 0.2) is 28.8 Å². The number of primary amides is 1. The predicted octanol–water partition coefficient (Wildman–Crippen LogP) is 1.23. The van der Waals surface area contributed by atoms with Gasteiger partial charge >= 0.3 is 0 Å². The van der Waals surface area contributed by atoms with Crippen LogP contribution in [0.2, 0.25) is 0 Å². The molecule has 1 aromatic carbocycles. The van der Waals surface area contributed by atoms with Crippen molar-refractivity contribution in [2.75, 3.05) is 5.73 Å². The molecular formula is C19H16N6O4. The molecule has 0 saturated heterocycles. The fourth-order valence-corrected chi connectivity index (χ4v) is 3.22. The number of pyridine rings is 1. The Kier molecular flexibility index (Phi) is 4.11. The summed E-state index contributed by atoms with van der Waals surface area (Å²) in [4.78, 5) is 46.6. The highest BCUT2D eigenvalue weighted by Gasteiger charge is 2.40. The number of aromatic nitrogens is 3. The molecule has 3 amide bonds. The molecule has 1 aliphatic rings. The van der Waals surface area contributed by atoms with Gasteiger partial charge in [0, 0.05) is 5.56 Å². The van der Waals surface area contributed by atoms with Crippen molar-refractivity contribution in [1.29, 1.82) is 0 Å². The molecule has 0 saturated carbocycles. The fraction of sp³-hybridized carbons (Fsp3) is 0.158. The zero-order valence-electron chi connectivity index (χ0n) is 15.6. The summed E-state index contributed by atoms with van der Waals surface area (Å²) in [5, 5.41) is 3.70. The minimum absolute atomic E-state index is 0.0131. The van der Waals surface area contributed by atoms with E-state index in [9.17, 15) is 14.4 Å². The van der Waals surface area contributed by atoms with E-state index >= 15 is 0 Å². The Morgan fingerprint density at radius 2 is 1.72 bits per heavy atom. The fourth-order valence-electron chi connectivity index (χ4n) is 3.22. The van der Waals surface area contributed by atoms with Gasteiger partial charge < -0.3 is 16.0 Å². The van der Waals surface area contributed by atoms with Crippen LogP contribution in [0.4, 0.5) is 5.69 Å². The SMILES string of the molecule is Cc1noc(-c2nc(C)c3c(c2N)C(=O)N(Cc2ccc(C(N)=O)cc2)C3=O)n1. The van der Waals surface area contributed by atoms with E-state index in [4.69, 9.17) is 16.0 Å². The van der Waals surface area contributed by atoms with Crippen LogP contribution in [0, 0.1) is 13.8 Å². The number of imide groups is 1. The van der Waals surface area contributed by atoms with Crippen LogP contribution in [0.3, 0.4) is 0 Å². The van der Waals surface area contributed by atoms with Crippen LogP contribution in [0.5, 0.6) is 0 Å². The Bertz CT molecular complexity index is 1180. The first-order chi connectivity index (χ1) is 13.8. The number of nitrogens with two attached hydrogens (primary N) is 2. The van der Waals surface area contributed by atoms with Gasteiger partial charge in [0.05, 0.1) is 29.1 Å². The number of nitrogens with zero attached hydrogens (tertiary/aromatic N) is 4. The number of benzene rings is 1. The smallest absolute Gasteiger partial charge is 0.278 e. The molecule has 10 heteroatoms. The van der Waals surface area contributed by atoms with E-state index in [0.29, 0.717) is 22.6 Å².